The molecule has 1 heterocycles. The molecule has 0 radical (unpaired) electrons. The van der Waals surface area contributed by atoms with Crippen LogP contribution in [0.2, 0.25) is 5.02 Å². The second kappa shape index (κ2) is 12.3. The van der Waals surface area contributed by atoms with Gasteiger partial charge < -0.3 is 24.7 Å². The van der Waals surface area contributed by atoms with Crippen LogP contribution in [0, 0.1) is 0 Å². The summed E-state index contributed by atoms with van der Waals surface area (Å²) in [5, 5.41) is 4.58. The van der Waals surface area contributed by atoms with Crippen LogP contribution in [0.15, 0.2) is 79.0 Å². The summed E-state index contributed by atoms with van der Waals surface area (Å²) < 4.78 is 11.1. The molecule has 1 aromatic heterocycles. The van der Waals surface area contributed by atoms with Crippen molar-refractivity contribution in [2.24, 2.45) is 0 Å². The van der Waals surface area contributed by atoms with Gasteiger partial charge in [0, 0.05) is 44.1 Å². The summed E-state index contributed by atoms with van der Waals surface area (Å²) in [6, 6.07) is 22.2. The molecule has 0 bridgehead atoms. The van der Waals surface area contributed by atoms with Crippen LogP contribution in [-0.4, -0.2) is 48.0 Å². The van der Waals surface area contributed by atoms with Crippen molar-refractivity contribution in [3.8, 4) is 11.5 Å². The molecule has 8 heteroatoms. The van der Waals surface area contributed by atoms with Crippen LogP contribution >= 0.6 is 11.6 Å². The van der Waals surface area contributed by atoms with E-state index in [1.54, 1.807) is 36.3 Å². The highest BCUT2D eigenvalue weighted by Gasteiger charge is 2.22. The van der Waals surface area contributed by atoms with Crippen LogP contribution in [0.25, 0.3) is 10.9 Å². The maximum atomic E-state index is 12.9. The number of fused-ring (bicyclic) bond motifs is 1. The van der Waals surface area contributed by atoms with E-state index in [4.69, 9.17) is 21.1 Å². The molecule has 0 aliphatic heterocycles. The first-order valence-corrected chi connectivity index (χ1v) is 12.4. The highest BCUT2D eigenvalue weighted by Crippen LogP contribution is 2.24. The number of H-pyrrole nitrogens is 1. The molecule has 0 saturated heterocycles. The molecular formula is C29H32ClN3O4. The van der Waals surface area contributed by atoms with Gasteiger partial charge in [-0.25, -0.2) is 0 Å². The first-order valence-electron chi connectivity index (χ1n) is 12.0. The molecule has 1 atom stereocenters. The monoisotopic (exact) mass is 521 g/mol. The van der Waals surface area contributed by atoms with Crippen molar-refractivity contribution < 1.29 is 20.5 Å². The van der Waals surface area contributed by atoms with Gasteiger partial charge in [0.1, 0.15) is 11.5 Å². The molecule has 7 nitrogen and oxygen atoms in total. The highest BCUT2D eigenvalue weighted by molar-refractivity contribution is 6.32. The van der Waals surface area contributed by atoms with Crippen LogP contribution in [0.1, 0.15) is 19.5 Å². The summed E-state index contributed by atoms with van der Waals surface area (Å²) in [5.74, 6) is 0.745. The second-order valence-corrected chi connectivity index (χ2v) is 9.17. The molecule has 4 aromatic rings. The van der Waals surface area contributed by atoms with Crippen molar-refractivity contribution in [3.05, 3.63) is 95.1 Å². The van der Waals surface area contributed by atoms with Gasteiger partial charge in [-0.2, -0.15) is 0 Å². The van der Waals surface area contributed by atoms with E-state index >= 15 is 0 Å². The van der Waals surface area contributed by atoms with Gasteiger partial charge in [0.2, 0.25) is 5.91 Å². The van der Waals surface area contributed by atoms with Crippen molar-refractivity contribution in [2.45, 2.75) is 25.9 Å². The van der Waals surface area contributed by atoms with Gasteiger partial charge in [-0.3, -0.25) is 9.59 Å². The molecule has 0 aliphatic rings. The molecule has 0 spiro atoms. The summed E-state index contributed by atoms with van der Waals surface area (Å²) in [5.41, 5.74) is 2.95. The average molecular weight is 522 g/mol. The number of aromatic nitrogens is 1. The van der Waals surface area contributed by atoms with Crippen LogP contribution in [0.5, 0.6) is 11.5 Å². The third-order valence-electron chi connectivity index (χ3n) is 6.14. The number of carbonyl (C=O) groups is 2. The average Bonchev–Trinajstić information content (AvgIpc) is 3.30. The number of nitrogens with one attached hydrogen (secondary N) is 2. The Bertz CT molecular complexity index is 1380. The zero-order valence-corrected chi connectivity index (χ0v) is 21.6. The van der Waals surface area contributed by atoms with Crippen LogP contribution < -0.4 is 14.8 Å². The maximum Gasteiger partial charge on any atom is 0.258 e. The van der Waals surface area contributed by atoms with Crippen LogP contribution in [0.4, 0.5) is 0 Å². The normalized spacial score (nSPS) is 11.6. The summed E-state index contributed by atoms with van der Waals surface area (Å²) in [4.78, 5) is 30.6. The van der Waals surface area contributed by atoms with E-state index in [2.05, 4.69) is 10.3 Å². The number of aromatic amines is 1. The molecule has 0 aliphatic carbocycles. The largest absolute Gasteiger partial charge is 0.496 e. The summed E-state index contributed by atoms with van der Waals surface area (Å²) in [6.45, 7) is 2.00. The molecule has 37 heavy (non-hydrogen) atoms. The Morgan fingerprint density at radius 3 is 2.46 bits per heavy atom. The lowest BCUT2D eigenvalue weighted by molar-refractivity contribution is -0.131. The fraction of sp³-hybridized carbons (Fsp3) is 0.241. The number of amides is 2. The molecular weight excluding hydrogens is 490 g/mol. The molecule has 0 saturated carbocycles. The Hall–Kier alpha value is -3.97. The topological polar surface area (TPSA) is 83.7 Å². The predicted molar refractivity (Wildman–Crippen MR) is 147 cm³/mol. The minimum absolute atomic E-state index is 0. The molecule has 3 aromatic carbocycles. The third-order valence-corrected chi connectivity index (χ3v) is 6.45. The van der Waals surface area contributed by atoms with Crippen molar-refractivity contribution in [1.82, 2.24) is 15.2 Å². The van der Waals surface area contributed by atoms with Crippen molar-refractivity contribution >= 4 is 34.3 Å². The minimum Gasteiger partial charge on any atom is -0.496 e. The molecule has 2 amide bonds. The number of hydrogen-bond donors (Lipinski definition) is 2. The van der Waals surface area contributed by atoms with Gasteiger partial charge in [0.05, 0.1) is 18.2 Å². The number of nitrogens with zero attached hydrogens (tertiary/aromatic N) is 1. The standard InChI is InChI=1S/C29H30ClN3O4.H2/c1-20(34)33(17-21-9-3-7-13-27(21)36-2)18-23(15-22-16-31-26-12-6-4-10-24(22)26)32-29(35)19-37-28-14-8-5-11-25(28)30;/h3-14,16,23,31H,15,17-19H2,1-2H3,(H,32,35);1H. The number of halogens is 1. The second-order valence-electron chi connectivity index (χ2n) is 8.76. The molecule has 4 rings (SSSR count). The van der Waals surface area contributed by atoms with E-state index in [1.165, 1.54) is 6.92 Å². The lowest BCUT2D eigenvalue weighted by Gasteiger charge is -2.28. The number of para-hydroxylation sites is 3. The van der Waals surface area contributed by atoms with Gasteiger partial charge in [-0.05, 0) is 36.2 Å². The summed E-state index contributed by atoms with van der Waals surface area (Å²) in [6.07, 6.45) is 2.47. The smallest absolute Gasteiger partial charge is 0.258 e. The Morgan fingerprint density at radius 2 is 1.70 bits per heavy atom. The van der Waals surface area contributed by atoms with Gasteiger partial charge >= 0.3 is 0 Å². The molecule has 0 fully saturated rings. The van der Waals surface area contributed by atoms with E-state index in [-0.39, 0.29) is 25.9 Å². The number of rotatable bonds is 11. The van der Waals surface area contributed by atoms with Gasteiger partial charge in [-0.15, -0.1) is 0 Å². The Kier molecular flexibility index (Phi) is 8.69. The SMILES string of the molecule is COc1ccccc1CN(CC(Cc1c[nH]c2ccccc12)NC(=O)COc1ccccc1Cl)C(C)=O.[HH]. The fourth-order valence-corrected chi connectivity index (χ4v) is 4.50. The zero-order valence-electron chi connectivity index (χ0n) is 20.9. The van der Waals surface area contributed by atoms with Crippen molar-refractivity contribution in [2.75, 3.05) is 20.3 Å². The zero-order chi connectivity index (χ0) is 26.2. The summed E-state index contributed by atoms with van der Waals surface area (Å²) >= 11 is 6.15. The molecule has 194 valence electrons. The predicted octanol–water partition coefficient (Wildman–Crippen LogP) is 5.23. The Balaban J connectivity index is 0.00000400. The number of ether oxygens (including phenoxy) is 2. The first-order chi connectivity index (χ1) is 17.9. The van der Waals surface area contributed by atoms with E-state index in [1.807, 2.05) is 54.7 Å². The molecule has 1 unspecified atom stereocenters. The van der Waals surface area contributed by atoms with E-state index in [9.17, 15) is 9.59 Å². The highest BCUT2D eigenvalue weighted by atomic mass is 35.5. The first kappa shape index (κ1) is 26.1. The number of carbonyl (C=O) groups excluding carboxylic acids is 2. The van der Waals surface area contributed by atoms with E-state index in [0.717, 1.165) is 22.0 Å². The summed E-state index contributed by atoms with van der Waals surface area (Å²) in [7, 11) is 1.61. The number of hydrogen-bond acceptors (Lipinski definition) is 4. The Labute approximate surface area is 222 Å². The quantitative estimate of drug-likeness (QED) is 0.283. The van der Waals surface area contributed by atoms with Gasteiger partial charge in [0.15, 0.2) is 6.61 Å². The van der Waals surface area contributed by atoms with Crippen LogP contribution in [0.3, 0.4) is 0 Å². The van der Waals surface area contributed by atoms with Crippen molar-refractivity contribution in [3.63, 3.8) is 0 Å². The number of benzene rings is 3. The fourth-order valence-electron chi connectivity index (χ4n) is 4.31. The maximum absolute atomic E-state index is 12.9. The minimum atomic E-state index is -0.361. The van der Waals surface area contributed by atoms with Crippen molar-refractivity contribution in [1.29, 1.82) is 0 Å². The lowest BCUT2D eigenvalue weighted by Crippen LogP contribution is -2.47. The van der Waals surface area contributed by atoms with Gasteiger partial charge in [-0.1, -0.05) is 60.1 Å². The number of methoxy groups -OCH3 is 1. The third kappa shape index (κ3) is 6.83. The molecule has 2 N–H and O–H groups in total. The Morgan fingerprint density at radius 1 is 1.00 bits per heavy atom. The lowest BCUT2D eigenvalue weighted by atomic mass is 10.0. The van der Waals surface area contributed by atoms with Crippen LogP contribution in [-0.2, 0) is 22.6 Å². The van der Waals surface area contributed by atoms with E-state index in [0.29, 0.717) is 36.0 Å². The van der Waals surface area contributed by atoms with Gasteiger partial charge in [0.25, 0.3) is 5.91 Å². The van der Waals surface area contributed by atoms with E-state index < -0.39 is 0 Å².